The number of benzene rings is 1. The number of aromatic nitrogens is 2. The topological polar surface area (TPSA) is 121 Å². The molecule has 16 heteroatoms. The van der Waals surface area contributed by atoms with E-state index in [1.807, 2.05) is 11.0 Å². The molecule has 0 saturated heterocycles. The van der Waals surface area contributed by atoms with E-state index in [2.05, 4.69) is 45.5 Å². The molecule has 11 nitrogen and oxygen atoms in total. The first-order chi connectivity index (χ1) is 22.7. The first-order valence-corrected chi connectivity index (χ1v) is 19.1. The van der Waals surface area contributed by atoms with Crippen molar-refractivity contribution in [1.82, 2.24) is 25.8 Å². The third-order valence-corrected chi connectivity index (χ3v) is 9.10. The Morgan fingerprint density at radius 1 is 1.17 bits per heavy atom. The van der Waals surface area contributed by atoms with Crippen molar-refractivity contribution in [3.05, 3.63) is 71.1 Å². The molecule has 0 saturated carbocycles. The normalized spacial score (nSPS) is 16.1. The van der Waals surface area contributed by atoms with E-state index in [1.54, 1.807) is 37.5 Å². The molecule has 2 aliphatic heterocycles. The summed E-state index contributed by atoms with van der Waals surface area (Å²) in [4.78, 5) is 40.1. The van der Waals surface area contributed by atoms with E-state index in [0.717, 1.165) is 22.8 Å². The molecule has 2 aromatic rings. The summed E-state index contributed by atoms with van der Waals surface area (Å²) in [5.41, 5.74) is 1.75. The number of hydroxylamine groups is 1. The number of nitrogens with zero attached hydrogens (tertiary/aromatic N) is 5. The van der Waals surface area contributed by atoms with E-state index in [9.17, 15) is 27.2 Å². The summed E-state index contributed by atoms with van der Waals surface area (Å²) in [6.07, 6.45) is 1.77. The predicted octanol–water partition coefficient (Wildman–Crippen LogP) is 4.98. The van der Waals surface area contributed by atoms with E-state index in [-0.39, 0.29) is 25.6 Å². The summed E-state index contributed by atoms with van der Waals surface area (Å²) in [7, 11) is -1.42. The summed E-state index contributed by atoms with van der Waals surface area (Å²) in [6, 6.07) is 6.48. The number of hydrogen-bond acceptors (Lipinski definition) is 10. The number of anilines is 1. The largest absolute Gasteiger partial charge is 0.421 e. The molecule has 3 heterocycles. The second-order valence-electron chi connectivity index (χ2n) is 12.6. The number of hydrazone groups is 1. The van der Waals surface area contributed by atoms with Crippen molar-refractivity contribution < 1.29 is 36.7 Å². The third-order valence-electron chi connectivity index (χ3n) is 7.40. The van der Waals surface area contributed by atoms with Crippen LogP contribution in [0, 0.1) is 5.82 Å². The summed E-state index contributed by atoms with van der Waals surface area (Å²) in [6.45, 7) is 8.86. The van der Waals surface area contributed by atoms with Gasteiger partial charge >= 0.3 is 6.18 Å². The molecule has 258 valence electrons. The van der Waals surface area contributed by atoms with Gasteiger partial charge in [0.1, 0.15) is 18.1 Å². The average Bonchev–Trinajstić information content (AvgIpc) is 3.03. The molecule has 0 fully saturated rings. The maximum atomic E-state index is 14.1. The number of halogens is 4. The number of nitrogens with one attached hydrogen (secondary N) is 2. The molecule has 2 N–H and O–H groups in total. The predicted molar refractivity (Wildman–Crippen MR) is 175 cm³/mol. The van der Waals surface area contributed by atoms with Gasteiger partial charge < -0.3 is 15.0 Å². The van der Waals surface area contributed by atoms with Gasteiger partial charge in [0.25, 0.3) is 0 Å². The molecule has 0 bridgehead atoms. The fourth-order valence-corrected chi connectivity index (χ4v) is 5.56. The third kappa shape index (κ3) is 10.3. The van der Waals surface area contributed by atoms with Crippen molar-refractivity contribution in [3.63, 3.8) is 0 Å². The van der Waals surface area contributed by atoms with Crippen LogP contribution in [0.4, 0.5) is 23.5 Å². The van der Waals surface area contributed by atoms with Crippen LogP contribution in [0.3, 0.4) is 0 Å². The van der Waals surface area contributed by atoms with Crippen LogP contribution in [-0.2, 0) is 19.2 Å². The maximum absolute atomic E-state index is 14.1. The van der Waals surface area contributed by atoms with Crippen molar-refractivity contribution in [3.8, 4) is 11.1 Å². The van der Waals surface area contributed by atoms with Gasteiger partial charge in [-0.3, -0.25) is 9.63 Å². The van der Waals surface area contributed by atoms with Gasteiger partial charge in [0.15, 0.2) is 11.6 Å². The van der Waals surface area contributed by atoms with Crippen LogP contribution < -0.4 is 15.7 Å². The number of allylic oxidation sites excluding steroid dienone is 2. The van der Waals surface area contributed by atoms with Crippen LogP contribution in [0.15, 0.2) is 70.4 Å². The average molecular weight is 690 g/mol. The van der Waals surface area contributed by atoms with Crippen LogP contribution in [0.25, 0.3) is 11.1 Å². The minimum atomic E-state index is -4.88. The molecule has 1 aromatic carbocycles. The van der Waals surface area contributed by atoms with Crippen molar-refractivity contribution in [2.45, 2.75) is 57.7 Å². The number of ether oxygens (including phenoxy) is 1. The molecule has 0 aliphatic carbocycles. The molecule has 1 amide bonds. The number of amides is 1. The van der Waals surface area contributed by atoms with Gasteiger partial charge in [0.2, 0.25) is 11.9 Å². The highest BCUT2D eigenvalue weighted by molar-refractivity contribution is 6.76. The van der Waals surface area contributed by atoms with E-state index in [1.165, 1.54) is 12.0 Å². The van der Waals surface area contributed by atoms with E-state index < -0.39 is 43.2 Å². The fraction of sp³-hybridized carbons (Fsp3) is 0.438. The highest BCUT2D eigenvalue weighted by Crippen LogP contribution is 2.35. The summed E-state index contributed by atoms with van der Waals surface area (Å²) in [5.74, 6) is 1.08. The first-order valence-electron chi connectivity index (χ1n) is 15.4. The zero-order chi connectivity index (χ0) is 34.9. The minimum absolute atomic E-state index is 0.0715. The second-order valence-corrected chi connectivity index (χ2v) is 18.2. The zero-order valence-electron chi connectivity index (χ0n) is 27.2. The van der Waals surface area contributed by atoms with Crippen LogP contribution >= 0.6 is 0 Å². The van der Waals surface area contributed by atoms with Gasteiger partial charge in [-0.2, -0.15) is 18.3 Å². The monoisotopic (exact) mass is 689 g/mol. The van der Waals surface area contributed by atoms with Crippen molar-refractivity contribution in [2.24, 2.45) is 5.10 Å². The van der Waals surface area contributed by atoms with Gasteiger partial charge in [-0.25, -0.2) is 29.6 Å². The summed E-state index contributed by atoms with van der Waals surface area (Å²) < 4.78 is 61.7. The molecule has 1 unspecified atom stereocenters. The van der Waals surface area contributed by atoms with E-state index in [4.69, 9.17) is 9.57 Å². The number of carbonyl (C=O) groups is 1. The van der Waals surface area contributed by atoms with E-state index in [0.29, 0.717) is 43.2 Å². The molecule has 0 spiro atoms. The Morgan fingerprint density at radius 2 is 1.90 bits per heavy atom. The van der Waals surface area contributed by atoms with Gasteiger partial charge in [0, 0.05) is 63.8 Å². The minimum Gasteiger partial charge on any atom is -0.378 e. The van der Waals surface area contributed by atoms with Gasteiger partial charge in [-0.15, -0.1) is 0 Å². The van der Waals surface area contributed by atoms with Gasteiger partial charge in [0.05, 0.1) is 18.5 Å². The Bertz CT molecular complexity index is 1590. The quantitative estimate of drug-likeness (QED) is 0.0707. The Hall–Kier alpha value is -4.37. The Morgan fingerprint density at radius 3 is 2.52 bits per heavy atom. The summed E-state index contributed by atoms with van der Waals surface area (Å²) >= 11 is 0. The number of rotatable bonds is 14. The molecule has 1 aromatic heterocycles. The fourth-order valence-electron chi connectivity index (χ4n) is 4.80. The first kappa shape index (κ1) is 36.5. The number of hydrogen-bond donors (Lipinski definition) is 2. The molecular formula is C32H39F4N7O4Si. The lowest BCUT2D eigenvalue weighted by Gasteiger charge is -2.29. The Balaban J connectivity index is 1.24. The molecule has 48 heavy (non-hydrogen) atoms. The smallest absolute Gasteiger partial charge is 0.378 e. The van der Waals surface area contributed by atoms with Crippen LogP contribution in [-0.4, -0.2) is 86.4 Å². The number of carbonyl (C=O) groups excluding carboxylic acids is 2. The van der Waals surface area contributed by atoms with Crippen molar-refractivity contribution in [2.75, 3.05) is 37.9 Å². The zero-order valence-corrected chi connectivity index (χ0v) is 28.2. The summed E-state index contributed by atoms with van der Waals surface area (Å²) in [5, 5.41) is 7.46. The lowest BCUT2D eigenvalue weighted by atomic mass is 10.0. The molecule has 4 rings (SSSR count). The highest BCUT2D eigenvalue weighted by Gasteiger charge is 2.43. The van der Waals surface area contributed by atoms with Crippen LogP contribution in [0.5, 0.6) is 0 Å². The van der Waals surface area contributed by atoms with Crippen molar-refractivity contribution >= 4 is 32.1 Å². The van der Waals surface area contributed by atoms with Crippen LogP contribution in [0.2, 0.25) is 25.7 Å². The van der Waals surface area contributed by atoms with Crippen molar-refractivity contribution in [1.29, 1.82) is 0 Å². The second kappa shape index (κ2) is 16.2. The molecule has 0 radical (unpaired) electrons. The lowest BCUT2D eigenvalue weighted by Crippen LogP contribution is -2.40. The molecular weight excluding hydrogens is 650 g/mol. The Kier molecular flexibility index (Phi) is 12.3. The number of alkyl halides is 3. The Labute approximate surface area is 277 Å². The van der Waals surface area contributed by atoms with Gasteiger partial charge in [-0.1, -0.05) is 49.5 Å². The molecule has 1 atom stereocenters. The highest BCUT2D eigenvalue weighted by atomic mass is 28.3. The lowest BCUT2D eigenvalue weighted by molar-refractivity contribution is -0.133. The maximum Gasteiger partial charge on any atom is 0.421 e. The van der Waals surface area contributed by atoms with Gasteiger partial charge in [-0.05, 0) is 25.5 Å². The molecule has 2 aliphatic rings. The standard InChI is InChI=1S/C32H39F4N7O4Si/c1-22(40-27-18-39-43(21-46-13-14-48(2,3)4)28(19-44)30(27)32(34,35)36)20-47-41-29(45)15-23-9-11-42(12-10-23)31-37-16-24(17-38-31)25-7-5-6-8-26(25)33/h5-9,16-18,22,40H,10-15,20-21H2,1-4H3,(H,41,45). The van der Waals surface area contributed by atoms with Crippen LogP contribution in [0.1, 0.15) is 19.8 Å². The SMILES string of the molecule is CC(CONC(=O)CC1=CCN(c2ncc(-c3ccccc3F)cn2)CC1)NC1=C(C(F)(F)F)C(=C=O)N(COCC[Si](C)(C)C)N=C1. The van der Waals surface area contributed by atoms with E-state index >= 15 is 0 Å².